The Bertz CT molecular complexity index is 594. The van der Waals surface area contributed by atoms with Crippen molar-refractivity contribution in [3.05, 3.63) is 22.7 Å². The molecule has 0 aliphatic carbocycles. The van der Waals surface area contributed by atoms with Crippen LogP contribution < -0.4 is 11.1 Å². The van der Waals surface area contributed by atoms with E-state index in [1.165, 1.54) is 0 Å². The summed E-state index contributed by atoms with van der Waals surface area (Å²) in [4.78, 5) is 15.2. The minimum absolute atomic E-state index is 0.00616. The first kappa shape index (κ1) is 17.1. The van der Waals surface area contributed by atoms with Gasteiger partial charge in [0.1, 0.15) is 0 Å². The third-order valence-corrected chi connectivity index (χ3v) is 5.05. The van der Waals surface area contributed by atoms with Gasteiger partial charge in [-0.1, -0.05) is 11.6 Å². The molecule has 122 valence electrons. The number of halogens is 1. The van der Waals surface area contributed by atoms with Crippen LogP contribution in [0.4, 0.5) is 11.4 Å². The van der Waals surface area contributed by atoms with E-state index in [1.807, 2.05) is 13.8 Å². The van der Waals surface area contributed by atoms with Crippen molar-refractivity contribution in [2.75, 3.05) is 17.6 Å². The second-order valence-corrected chi connectivity index (χ2v) is 7.69. The van der Waals surface area contributed by atoms with Crippen LogP contribution in [0.15, 0.2) is 12.1 Å². The molecular formula is C17H26ClN3O. The fourth-order valence-electron chi connectivity index (χ4n) is 3.34. The predicted octanol–water partition coefficient (Wildman–Crippen LogP) is 3.82. The van der Waals surface area contributed by atoms with Crippen molar-refractivity contribution in [3.8, 4) is 0 Å². The number of likely N-dealkylation sites (tertiary alicyclic amines) is 1. The zero-order valence-corrected chi connectivity index (χ0v) is 14.8. The lowest BCUT2D eigenvalue weighted by Gasteiger charge is -2.43. The van der Waals surface area contributed by atoms with Crippen LogP contribution in [0.3, 0.4) is 0 Å². The molecule has 5 heteroatoms. The van der Waals surface area contributed by atoms with Gasteiger partial charge in [-0.3, -0.25) is 9.69 Å². The summed E-state index contributed by atoms with van der Waals surface area (Å²) in [5, 5.41) is 3.61. The molecule has 0 bridgehead atoms. The van der Waals surface area contributed by atoms with Gasteiger partial charge in [0.05, 0.1) is 16.9 Å². The Labute approximate surface area is 138 Å². The Kier molecular flexibility index (Phi) is 4.46. The smallest absolute Gasteiger partial charge is 0.244 e. The number of nitrogens with one attached hydrogen (secondary N) is 1. The Morgan fingerprint density at radius 1 is 1.41 bits per heavy atom. The predicted molar refractivity (Wildman–Crippen MR) is 93.3 cm³/mol. The van der Waals surface area contributed by atoms with Crippen molar-refractivity contribution in [2.45, 2.75) is 58.5 Å². The molecule has 1 aliphatic rings. The number of nitrogen functional groups attached to an aromatic ring is 1. The van der Waals surface area contributed by atoms with E-state index in [4.69, 9.17) is 17.3 Å². The van der Waals surface area contributed by atoms with Gasteiger partial charge in [-0.15, -0.1) is 0 Å². The molecule has 0 unspecified atom stereocenters. The van der Waals surface area contributed by atoms with Crippen LogP contribution >= 0.6 is 11.6 Å². The third kappa shape index (κ3) is 2.95. The maximum absolute atomic E-state index is 12.9. The van der Waals surface area contributed by atoms with Gasteiger partial charge in [0.15, 0.2) is 0 Å². The molecule has 1 aromatic rings. The minimum atomic E-state index is -0.516. The van der Waals surface area contributed by atoms with Crippen LogP contribution in [0.5, 0.6) is 0 Å². The number of rotatable bonds is 2. The van der Waals surface area contributed by atoms with Crippen molar-refractivity contribution < 1.29 is 4.79 Å². The molecule has 1 atom stereocenters. The summed E-state index contributed by atoms with van der Waals surface area (Å²) in [6, 6.07) is 3.53. The number of benzene rings is 1. The average molecular weight is 324 g/mol. The largest absolute Gasteiger partial charge is 0.397 e. The van der Waals surface area contributed by atoms with E-state index < -0.39 is 5.54 Å². The highest BCUT2D eigenvalue weighted by molar-refractivity contribution is 6.32. The van der Waals surface area contributed by atoms with E-state index in [1.54, 1.807) is 12.1 Å². The minimum Gasteiger partial charge on any atom is -0.397 e. The molecular weight excluding hydrogens is 298 g/mol. The van der Waals surface area contributed by atoms with Gasteiger partial charge in [-0.05, 0) is 71.7 Å². The number of amides is 1. The fourth-order valence-corrected chi connectivity index (χ4v) is 3.51. The highest BCUT2D eigenvalue weighted by atomic mass is 35.5. The van der Waals surface area contributed by atoms with Gasteiger partial charge in [0.25, 0.3) is 0 Å². The lowest BCUT2D eigenvalue weighted by Crippen LogP contribution is -2.57. The molecule has 0 radical (unpaired) electrons. The molecule has 0 spiro atoms. The summed E-state index contributed by atoms with van der Waals surface area (Å²) < 4.78 is 0. The van der Waals surface area contributed by atoms with E-state index in [9.17, 15) is 4.79 Å². The maximum Gasteiger partial charge on any atom is 0.244 e. The molecule has 1 saturated heterocycles. The molecule has 0 saturated carbocycles. The van der Waals surface area contributed by atoms with Gasteiger partial charge in [-0.25, -0.2) is 0 Å². The molecule has 1 aromatic carbocycles. The number of anilines is 2. The Balaban J connectivity index is 2.27. The van der Waals surface area contributed by atoms with Crippen LogP contribution in [0.25, 0.3) is 0 Å². The van der Waals surface area contributed by atoms with Crippen molar-refractivity contribution in [1.29, 1.82) is 0 Å². The van der Waals surface area contributed by atoms with Crippen molar-refractivity contribution in [1.82, 2.24) is 4.90 Å². The highest BCUT2D eigenvalue weighted by Gasteiger charge is 2.47. The van der Waals surface area contributed by atoms with E-state index >= 15 is 0 Å². The van der Waals surface area contributed by atoms with E-state index in [0.717, 1.165) is 24.9 Å². The summed E-state index contributed by atoms with van der Waals surface area (Å²) in [5.41, 5.74) is 7.47. The first-order valence-corrected chi connectivity index (χ1v) is 8.09. The van der Waals surface area contributed by atoms with Gasteiger partial charge in [0.2, 0.25) is 5.91 Å². The van der Waals surface area contributed by atoms with Crippen molar-refractivity contribution >= 4 is 28.9 Å². The Hall–Kier alpha value is -1.26. The topological polar surface area (TPSA) is 58.4 Å². The summed E-state index contributed by atoms with van der Waals surface area (Å²) >= 11 is 6.06. The zero-order valence-electron chi connectivity index (χ0n) is 14.1. The molecule has 3 N–H and O–H groups in total. The highest BCUT2D eigenvalue weighted by Crippen LogP contribution is 2.37. The molecule has 1 amide bonds. The number of hydrogen-bond donors (Lipinski definition) is 2. The monoisotopic (exact) mass is 323 g/mol. The van der Waals surface area contributed by atoms with Gasteiger partial charge in [-0.2, -0.15) is 0 Å². The average Bonchev–Trinajstić information content (AvgIpc) is 2.83. The van der Waals surface area contributed by atoms with Crippen LogP contribution in [-0.2, 0) is 4.79 Å². The molecule has 4 nitrogen and oxygen atoms in total. The summed E-state index contributed by atoms with van der Waals surface area (Å²) in [6.07, 6.45) is 1.87. The number of nitrogens with two attached hydrogens (primary N) is 1. The first-order valence-electron chi connectivity index (χ1n) is 7.71. The van der Waals surface area contributed by atoms with Crippen molar-refractivity contribution in [3.63, 3.8) is 0 Å². The lowest BCUT2D eigenvalue weighted by molar-refractivity contribution is -0.128. The maximum atomic E-state index is 12.9. The molecule has 2 rings (SSSR count). The summed E-state index contributed by atoms with van der Waals surface area (Å²) in [6.45, 7) is 11.2. The van der Waals surface area contributed by atoms with E-state index in [0.29, 0.717) is 16.4 Å². The van der Waals surface area contributed by atoms with Crippen LogP contribution in [0.1, 0.15) is 46.1 Å². The summed E-state index contributed by atoms with van der Waals surface area (Å²) in [5.74, 6) is -0.00616. The standard InChI is InChI=1S/C17H26ClN3O/c1-11-12(18)7-8-13(14(11)19)20-15(22)17(5)9-6-10-21(17)16(2,3)4/h7-8H,6,9-10,19H2,1-5H3,(H,20,22)/t17-/m0/s1. The van der Waals surface area contributed by atoms with Crippen LogP contribution in [0, 0.1) is 6.92 Å². The molecule has 1 heterocycles. The molecule has 1 fully saturated rings. The Morgan fingerprint density at radius 2 is 2.05 bits per heavy atom. The Morgan fingerprint density at radius 3 is 2.64 bits per heavy atom. The van der Waals surface area contributed by atoms with Crippen molar-refractivity contribution in [2.24, 2.45) is 0 Å². The lowest BCUT2D eigenvalue weighted by atomic mass is 9.92. The quantitative estimate of drug-likeness (QED) is 0.813. The van der Waals surface area contributed by atoms with Crippen LogP contribution in [-0.4, -0.2) is 28.4 Å². The second-order valence-electron chi connectivity index (χ2n) is 7.29. The molecule has 0 aromatic heterocycles. The normalized spacial score (nSPS) is 22.8. The summed E-state index contributed by atoms with van der Waals surface area (Å²) in [7, 11) is 0. The molecule has 22 heavy (non-hydrogen) atoms. The third-order valence-electron chi connectivity index (χ3n) is 4.64. The van der Waals surface area contributed by atoms with Gasteiger partial charge in [0, 0.05) is 10.6 Å². The first-order chi connectivity index (χ1) is 10.1. The SMILES string of the molecule is Cc1c(Cl)ccc(NC(=O)[C@]2(C)CCCN2C(C)(C)C)c1N. The second kappa shape index (κ2) is 5.74. The zero-order chi connectivity index (χ0) is 16.7. The number of nitrogens with zero attached hydrogens (tertiary/aromatic N) is 1. The fraction of sp³-hybridized carbons (Fsp3) is 0.588. The van der Waals surface area contributed by atoms with Gasteiger partial charge < -0.3 is 11.1 Å². The number of carbonyl (C=O) groups excluding carboxylic acids is 1. The van der Waals surface area contributed by atoms with Crippen LogP contribution in [0.2, 0.25) is 5.02 Å². The number of hydrogen-bond acceptors (Lipinski definition) is 3. The van der Waals surface area contributed by atoms with Gasteiger partial charge >= 0.3 is 0 Å². The molecule has 1 aliphatic heterocycles. The number of carbonyl (C=O) groups is 1. The van der Waals surface area contributed by atoms with E-state index in [-0.39, 0.29) is 11.4 Å². The van der Waals surface area contributed by atoms with E-state index in [2.05, 4.69) is 31.0 Å².